The number of carbonyl (C=O) groups excluding carboxylic acids is 1. The van der Waals surface area contributed by atoms with Crippen LogP contribution in [0.15, 0.2) is 17.6 Å². The molecule has 8 heteroatoms. The van der Waals surface area contributed by atoms with Crippen molar-refractivity contribution >= 4 is 29.2 Å². The molecule has 1 aliphatic rings. The highest BCUT2D eigenvalue weighted by atomic mass is 32.1. The minimum atomic E-state index is -0.359. The summed E-state index contributed by atoms with van der Waals surface area (Å²) in [6, 6.07) is 1.70. The van der Waals surface area contributed by atoms with E-state index in [1.54, 1.807) is 28.5 Å². The summed E-state index contributed by atoms with van der Waals surface area (Å²) < 4.78 is 5.18. The van der Waals surface area contributed by atoms with Crippen LogP contribution in [0.5, 0.6) is 0 Å². The number of anilines is 2. The van der Waals surface area contributed by atoms with Gasteiger partial charge in [0.15, 0.2) is 0 Å². The molecule has 2 atom stereocenters. The van der Waals surface area contributed by atoms with E-state index in [1.807, 2.05) is 19.2 Å². The van der Waals surface area contributed by atoms with Gasteiger partial charge in [-0.15, -0.1) is 11.3 Å². The van der Waals surface area contributed by atoms with E-state index in [0.717, 1.165) is 10.7 Å². The zero-order chi connectivity index (χ0) is 17.3. The van der Waals surface area contributed by atoms with E-state index in [-0.39, 0.29) is 24.1 Å². The van der Waals surface area contributed by atoms with Gasteiger partial charge >= 0.3 is 6.09 Å². The Morgan fingerprint density at radius 2 is 2.17 bits per heavy atom. The van der Waals surface area contributed by atoms with Crippen LogP contribution in [0.4, 0.5) is 16.6 Å². The van der Waals surface area contributed by atoms with Crippen LogP contribution >= 0.6 is 11.3 Å². The average molecular weight is 347 g/mol. The Kier molecular flexibility index (Phi) is 4.66. The second-order valence-corrected chi connectivity index (χ2v) is 7.08. The monoisotopic (exact) mass is 347 g/mol. The first-order chi connectivity index (χ1) is 11.5. The number of hydrogen-bond donors (Lipinski definition) is 1. The smallest absolute Gasteiger partial charge is 0.415 e. The number of nitrogens with zero attached hydrogens (tertiary/aromatic N) is 4. The standard InChI is InChI=1S/C16H21N5O2S/c1-9(2)12-7-23-16(22)21(12)13-5-6-17-15(20-13)19-11(4)14-18-10(3)8-24-14/h5-6,8-9,11-12H,7H2,1-4H3,(H,17,19,20)/t11-,12?/m0/s1. The number of amides is 1. The van der Waals surface area contributed by atoms with Crippen molar-refractivity contribution in [3.05, 3.63) is 28.3 Å². The molecule has 2 aromatic rings. The van der Waals surface area contributed by atoms with Crippen LogP contribution in [-0.4, -0.2) is 33.7 Å². The van der Waals surface area contributed by atoms with Crippen molar-refractivity contribution in [1.82, 2.24) is 15.0 Å². The topological polar surface area (TPSA) is 80.2 Å². The van der Waals surface area contributed by atoms with Gasteiger partial charge in [-0.25, -0.2) is 14.8 Å². The third-order valence-electron chi connectivity index (χ3n) is 3.92. The molecule has 0 spiro atoms. The molecule has 24 heavy (non-hydrogen) atoms. The number of hydrogen-bond acceptors (Lipinski definition) is 7. The summed E-state index contributed by atoms with van der Waals surface area (Å²) in [5, 5.41) is 6.23. The summed E-state index contributed by atoms with van der Waals surface area (Å²) in [6.07, 6.45) is 1.29. The first kappa shape index (κ1) is 16.6. The molecule has 1 fully saturated rings. The fourth-order valence-electron chi connectivity index (χ4n) is 2.57. The molecule has 1 saturated heterocycles. The van der Waals surface area contributed by atoms with Gasteiger partial charge in [-0.05, 0) is 25.8 Å². The summed E-state index contributed by atoms with van der Waals surface area (Å²) in [4.78, 5) is 26.9. The first-order valence-corrected chi connectivity index (χ1v) is 8.81. The largest absolute Gasteiger partial charge is 0.447 e. The first-order valence-electron chi connectivity index (χ1n) is 7.93. The minimum Gasteiger partial charge on any atom is -0.447 e. The molecule has 0 saturated carbocycles. The van der Waals surface area contributed by atoms with Gasteiger partial charge in [0.25, 0.3) is 0 Å². The highest BCUT2D eigenvalue weighted by Crippen LogP contribution is 2.27. The fraction of sp³-hybridized carbons (Fsp3) is 0.500. The number of cyclic esters (lactones) is 1. The fourth-order valence-corrected chi connectivity index (χ4v) is 3.37. The lowest BCUT2D eigenvalue weighted by Gasteiger charge is -2.23. The van der Waals surface area contributed by atoms with E-state index in [4.69, 9.17) is 4.74 Å². The van der Waals surface area contributed by atoms with Gasteiger partial charge in [-0.1, -0.05) is 13.8 Å². The average Bonchev–Trinajstić information content (AvgIpc) is 3.13. The highest BCUT2D eigenvalue weighted by Gasteiger charge is 2.37. The van der Waals surface area contributed by atoms with Crippen molar-refractivity contribution in [3.8, 4) is 0 Å². The molecular weight excluding hydrogens is 326 g/mol. The Morgan fingerprint density at radius 3 is 2.83 bits per heavy atom. The molecule has 128 valence electrons. The third-order valence-corrected chi connectivity index (χ3v) is 5.06. The zero-order valence-corrected chi connectivity index (χ0v) is 15.0. The summed E-state index contributed by atoms with van der Waals surface area (Å²) in [5.41, 5.74) is 0.998. The van der Waals surface area contributed by atoms with Gasteiger partial charge < -0.3 is 10.1 Å². The molecule has 1 amide bonds. The molecule has 7 nitrogen and oxygen atoms in total. The van der Waals surface area contributed by atoms with Crippen molar-refractivity contribution < 1.29 is 9.53 Å². The van der Waals surface area contributed by atoms with Crippen molar-refractivity contribution in [3.63, 3.8) is 0 Å². The molecule has 1 N–H and O–H groups in total. The van der Waals surface area contributed by atoms with Gasteiger partial charge in [0, 0.05) is 17.3 Å². The SMILES string of the molecule is Cc1csc([C@H](C)Nc2nccc(N3C(=O)OCC3C(C)C)n2)n1. The Balaban J connectivity index is 1.80. The predicted octanol–water partition coefficient (Wildman–Crippen LogP) is 3.40. The Hall–Kier alpha value is -2.22. The van der Waals surface area contributed by atoms with Crippen molar-refractivity contribution in [1.29, 1.82) is 0 Å². The van der Waals surface area contributed by atoms with Crippen LogP contribution in [-0.2, 0) is 4.74 Å². The highest BCUT2D eigenvalue weighted by molar-refractivity contribution is 7.09. The molecule has 3 heterocycles. The van der Waals surface area contributed by atoms with Crippen molar-refractivity contribution in [2.45, 2.75) is 39.8 Å². The molecule has 1 aliphatic heterocycles. The molecule has 3 rings (SSSR count). The van der Waals surface area contributed by atoms with Crippen LogP contribution in [0.1, 0.15) is 37.5 Å². The lowest BCUT2D eigenvalue weighted by Crippen LogP contribution is -2.37. The quantitative estimate of drug-likeness (QED) is 0.893. The molecular formula is C16H21N5O2S. The maximum absolute atomic E-state index is 12.1. The van der Waals surface area contributed by atoms with E-state index in [1.165, 1.54) is 0 Å². The van der Waals surface area contributed by atoms with E-state index < -0.39 is 0 Å². The number of carbonyl (C=O) groups is 1. The lowest BCUT2D eigenvalue weighted by atomic mass is 10.0. The summed E-state index contributed by atoms with van der Waals surface area (Å²) in [6.45, 7) is 8.49. The number of nitrogens with one attached hydrogen (secondary N) is 1. The second-order valence-electron chi connectivity index (χ2n) is 6.19. The molecule has 1 unspecified atom stereocenters. The van der Waals surface area contributed by atoms with E-state index >= 15 is 0 Å². The third kappa shape index (κ3) is 3.33. The molecule has 0 bridgehead atoms. The second kappa shape index (κ2) is 6.72. The number of aryl methyl sites for hydroxylation is 1. The summed E-state index contributed by atoms with van der Waals surface area (Å²) in [5.74, 6) is 1.30. The summed E-state index contributed by atoms with van der Waals surface area (Å²) in [7, 11) is 0. The predicted molar refractivity (Wildman–Crippen MR) is 93.4 cm³/mol. The summed E-state index contributed by atoms with van der Waals surface area (Å²) >= 11 is 1.60. The maximum Gasteiger partial charge on any atom is 0.415 e. The number of ether oxygens (including phenoxy) is 1. The van der Waals surface area contributed by atoms with Crippen molar-refractivity contribution in [2.75, 3.05) is 16.8 Å². The maximum atomic E-state index is 12.1. The zero-order valence-electron chi connectivity index (χ0n) is 14.2. The Morgan fingerprint density at radius 1 is 1.38 bits per heavy atom. The van der Waals surface area contributed by atoms with Crippen LogP contribution < -0.4 is 10.2 Å². The van der Waals surface area contributed by atoms with Crippen LogP contribution in [0.3, 0.4) is 0 Å². The molecule has 2 aromatic heterocycles. The van der Waals surface area contributed by atoms with Crippen molar-refractivity contribution in [2.24, 2.45) is 5.92 Å². The van der Waals surface area contributed by atoms with Crippen LogP contribution in [0.2, 0.25) is 0 Å². The number of thiazole rings is 1. The van der Waals surface area contributed by atoms with Gasteiger partial charge in [0.1, 0.15) is 17.4 Å². The van der Waals surface area contributed by atoms with E-state index in [2.05, 4.69) is 34.1 Å². The number of rotatable bonds is 5. The van der Waals surface area contributed by atoms with Crippen LogP contribution in [0, 0.1) is 12.8 Å². The molecule has 0 aromatic carbocycles. The minimum absolute atomic E-state index is 0.00891. The molecule has 0 radical (unpaired) electrons. The Bertz CT molecular complexity index is 733. The van der Waals surface area contributed by atoms with Gasteiger partial charge in [0.05, 0.1) is 12.1 Å². The van der Waals surface area contributed by atoms with Gasteiger partial charge in [0.2, 0.25) is 5.95 Å². The lowest BCUT2D eigenvalue weighted by molar-refractivity contribution is 0.177. The normalized spacial score (nSPS) is 18.8. The Labute approximate surface area is 145 Å². The van der Waals surface area contributed by atoms with E-state index in [9.17, 15) is 4.79 Å². The molecule has 0 aliphatic carbocycles. The van der Waals surface area contributed by atoms with Crippen LogP contribution in [0.25, 0.3) is 0 Å². The van der Waals surface area contributed by atoms with E-state index in [0.29, 0.717) is 18.4 Å². The van der Waals surface area contributed by atoms with Gasteiger partial charge in [-0.3, -0.25) is 4.90 Å². The number of aromatic nitrogens is 3. The van der Waals surface area contributed by atoms with Gasteiger partial charge in [-0.2, -0.15) is 4.98 Å².